The minimum absolute atomic E-state index is 0.539. The minimum Gasteiger partial charge on any atom is -0.389 e. The van der Waals surface area contributed by atoms with Gasteiger partial charge in [-0.25, -0.2) is 9.97 Å². The highest BCUT2D eigenvalue weighted by molar-refractivity contribution is 5.53. The fourth-order valence-corrected chi connectivity index (χ4v) is 1.52. The average molecular weight is 215 g/mol. The van der Waals surface area contributed by atoms with E-state index in [4.69, 9.17) is 0 Å². The molecule has 0 aliphatic rings. The van der Waals surface area contributed by atoms with Crippen LogP contribution in [0.25, 0.3) is 11.4 Å². The summed E-state index contributed by atoms with van der Waals surface area (Å²) in [6.45, 7) is 3.57. The van der Waals surface area contributed by atoms with Crippen molar-refractivity contribution in [3.05, 3.63) is 42.0 Å². The molecule has 0 aromatic carbocycles. The highest BCUT2D eigenvalue weighted by Crippen LogP contribution is 2.18. The summed E-state index contributed by atoms with van der Waals surface area (Å²) in [5, 5.41) is 9.47. The second kappa shape index (κ2) is 4.37. The topological polar surface area (TPSA) is 58.9 Å². The van der Waals surface area contributed by atoms with E-state index in [0.29, 0.717) is 5.82 Å². The molecule has 0 aliphatic carbocycles. The van der Waals surface area contributed by atoms with Crippen LogP contribution in [-0.2, 0) is 0 Å². The lowest BCUT2D eigenvalue weighted by Gasteiger charge is -2.08. The van der Waals surface area contributed by atoms with Crippen LogP contribution in [-0.4, -0.2) is 20.1 Å². The van der Waals surface area contributed by atoms with Crippen molar-refractivity contribution in [3.63, 3.8) is 0 Å². The molecular formula is C12H13N3O. The molecular weight excluding hydrogens is 202 g/mol. The van der Waals surface area contributed by atoms with Crippen LogP contribution in [0.2, 0.25) is 0 Å². The molecule has 1 atom stereocenters. The molecule has 0 bridgehead atoms. The van der Waals surface area contributed by atoms with Crippen LogP contribution in [0.5, 0.6) is 0 Å². The zero-order valence-corrected chi connectivity index (χ0v) is 9.25. The second-order valence-electron chi connectivity index (χ2n) is 3.65. The zero-order valence-electron chi connectivity index (χ0n) is 9.25. The third-order valence-corrected chi connectivity index (χ3v) is 2.39. The van der Waals surface area contributed by atoms with Gasteiger partial charge in [0.1, 0.15) is 0 Å². The number of hydrogen-bond acceptors (Lipinski definition) is 4. The van der Waals surface area contributed by atoms with Crippen LogP contribution in [0.1, 0.15) is 24.3 Å². The van der Waals surface area contributed by atoms with Gasteiger partial charge in [-0.2, -0.15) is 0 Å². The van der Waals surface area contributed by atoms with Crippen LogP contribution in [0.15, 0.2) is 30.7 Å². The Balaban J connectivity index is 2.43. The standard InChI is InChI=1S/C12H13N3O/c1-8-11(9(2)16)7-14-12(15-8)10-4-3-5-13-6-10/h3-7,9,16H,1-2H3/t9-/m0/s1. The minimum atomic E-state index is -0.539. The summed E-state index contributed by atoms with van der Waals surface area (Å²) in [6, 6.07) is 3.75. The Labute approximate surface area is 94.0 Å². The van der Waals surface area contributed by atoms with Gasteiger partial charge in [0.15, 0.2) is 5.82 Å². The largest absolute Gasteiger partial charge is 0.389 e. The Morgan fingerprint density at radius 2 is 2.12 bits per heavy atom. The van der Waals surface area contributed by atoms with Crippen LogP contribution >= 0.6 is 0 Å². The van der Waals surface area contributed by atoms with Crippen LogP contribution in [0.3, 0.4) is 0 Å². The van der Waals surface area contributed by atoms with E-state index in [1.807, 2.05) is 19.1 Å². The van der Waals surface area contributed by atoms with Gasteiger partial charge in [0, 0.05) is 35.4 Å². The maximum Gasteiger partial charge on any atom is 0.160 e. The predicted molar refractivity (Wildman–Crippen MR) is 60.6 cm³/mol. The molecule has 16 heavy (non-hydrogen) atoms. The van der Waals surface area contributed by atoms with Crippen LogP contribution in [0.4, 0.5) is 0 Å². The highest BCUT2D eigenvalue weighted by Gasteiger charge is 2.08. The summed E-state index contributed by atoms with van der Waals surface area (Å²) in [4.78, 5) is 12.6. The number of aromatic nitrogens is 3. The first-order valence-corrected chi connectivity index (χ1v) is 5.10. The Bertz CT molecular complexity index is 483. The monoisotopic (exact) mass is 215 g/mol. The summed E-state index contributed by atoms with van der Waals surface area (Å²) in [6.07, 6.45) is 4.55. The highest BCUT2D eigenvalue weighted by atomic mass is 16.3. The first kappa shape index (κ1) is 10.7. The van der Waals surface area contributed by atoms with Gasteiger partial charge in [-0.3, -0.25) is 4.98 Å². The number of nitrogens with zero attached hydrogens (tertiary/aromatic N) is 3. The van der Waals surface area contributed by atoms with E-state index in [-0.39, 0.29) is 0 Å². The number of rotatable bonds is 2. The van der Waals surface area contributed by atoms with E-state index in [9.17, 15) is 5.11 Å². The van der Waals surface area contributed by atoms with Gasteiger partial charge >= 0.3 is 0 Å². The molecule has 1 N–H and O–H groups in total. The van der Waals surface area contributed by atoms with Gasteiger partial charge in [0.2, 0.25) is 0 Å². The fourth-order valence-electron chi connectivity index (χ4n) is 1.52. The maximum absolute atomic E-state index is 9.47. The summed E-state index contributed by atoms with van der Waals surface area (Å²) >= 11 is 0. The summed E-state index contributed by atoms with van der Waals surface area (Å²) < 4.78 is 0. The number of aliphatic hydroxyl groups excluding tert-OH is 1. The van der Waals surface area contributed by atoms with E-state index in [0.717, 1.165) is 16.8 Å². The quantitative estimate of drug-likeness (QED) is 0.831. The molecule has 0 radical (unpaired) electrons. The van der Waals surface area contributed by atoms with Gasteiger partial charge in [0.25, 0.3) is 0 Å². The third kappa shape index (κ3) is 2.06. The first-order chi connectivity index (χ1) is 7.68. The molecule has 0 aliphatic heterocycles. The Morgan fingerprint density at radius 1 is 1.31 bits per heavy atom. The molecule has 0 fully saturated rings. The first-order valence-electron chi connectivity index (χ1n) is 5.10. The normalized spacial score (nSPS) is 12.4. The molecule has 0 spiro atoms. The van der Waals surface area contributed by atoms with Gasteiger partial charge < -0.3 is 5.11 Å². The van der Waals surface area contributed by atoms with E-state index in [1.54, 1.807) is 25.5 Å². The van der Waals surface area contributed by atoms with E-state index in [1.165, 1.54) is 0 Å². The lowest BCUT2D eigenvalue weighted by atomic mass is 10.1. The molecule has 4 heteroatoms. The SMILES string of the molecule is Cc1nc(-c2cccnc2)ncc1[C@H](C)O. The summed E-state index contributed by atoms with van der Waals surface area (Å²) in [5.41, 5.74) is 2.43. The lowest BCUT2D eigenvalue weighted by molar-refractivity contribution is 0.197. The van der Waals surface area contributed by atoms with Gasteiger partial charge in [-0.1, -0.05) is 0 Å². The van der Waals surface area contributed by atoms with Crippen molar-refractivity contribution in [3.8, 4) is 11.4 Å². The van der Waals surface area contributed by atoms with Crippen molar-refractivity contribution < 1.29 is 5.11 Å². The fraction of sp³-hybridized carbons (Fsp3) is 0.250. The molecule has 0 amide bonds. The van der Waals surface area contributed by atoms with E-state index < -0.39 is 6.10 Å². The van der Waals surface area contributed by atoms with Gasteiger partial charge in [-0.05, 0) is 26.0 Å². The molecule has 2 rings (SSSR count). The number of hydrogen-bond donors (Lipinski definition) is 1. The summed E-state index contributed by atoms with van der Waals surface area (Å²) in [5.74, 6) is 0.634. The van der Waals surface area contributed by atoms with Crippen molar-refractivity contribution in [2.45, 2.75) is 20.0 Å². The molecule has 0 saturated heterocycles. The number of pyridine rings is 1. The van der Waals surface area contributed by atoms with Crippen molar-refractivity contribution in [2.75, 3.05) is 0 Å². The molecule has 2 heterocycles. The Kier molecular flexibility index (Phi) is 2.92. The van der Waals surface area contributed by atoms with Crippen molar-refractivity contribution in [2.24, 2.45) is 0 Å². The van der Waals surface area contributed by atoms with Gasteiger partial charge in [-0.15, -0.1) is 0 Å². The zero-order chi connectivity index (χ0) is 11.5. The molecule has 82 valence electrons. The molecule has 0 unspecified atom stereocenters. The van der Waals surface area contributed by atoms with Crippen molar-refractivity contribution in [1.82, 2.24) is 15.0 Å². The van der Waals surface area contributed by atoms with Crippen LogP contribution in [0, 0.1) is 6.92 Å². The Hall–Kier alpha value is -1.81. The molecule has 2 aromatic rings. The van der Waals surface area contributed by atoms with Crippen molar-refractivity contribution >= 4 is 0 Å². The van der Waals surface area contributed by atoms with E-state index in [2.05, 4.69) is 15.0 Å². The van der Waals surface area contributed by atoms with Crippen molar-refractivity contribution in [1.29, 1.82) is 0 Å². The van der Waals surface area contributed by atoms with Crippen LogP contribution < -0.4 is 0 Å². The number of aryl methyl sites for hydroxylation is 1. The average Bonchev–Trinajstić information content (AvgIpc) is 2.29. The smallest absolute Gasteiger partial charge is 0.160 e. The van der Waals surface area contributed by atoms with Gasteiger partial charge in [0.05, 0.1) is 6.10 Å². The molecule has 4 nitrogen and oxygen atoms in total. The molecule has 2 aromatic heterocycles. The summed E-state index contributed by atoms with van der Waals surface area (Å²) in [7, 11) is 0. The maximum atomic E-state index is 9.47. The lowest BCUT2D eigenvalue weighted by Crippen LogP contribution is -2.01. The number of aliphatic hydroxyl groups is 1. The second-order valence-corrected chi connectivity index (χ2v) is 3.65. The van der Waals surface area contributed by atoms with E-state index >= 15 is 0 Å². The molecule has 0 saturated carbocycles. The third-order valence-electron chi connectivity index (χ3n) is 2.39. The Morgan fingerprint density at radius 3 is 2.69 bits per heavy atom. The predicted octanol–water partition coefficient (Wildman–Crippen LogP) is 1.90.